The summed E-state index contributed by atoms with van der Waals surface area (Å²) < 4.78 is 11.2. The Kier molecular flexibility index (Phi) is 7.46. The molecule has 37 heavy (non-hydrogen) atoms. The number of ketones is 1. The van der Waals surface area contributed by atoms with Crippen LogP contribution in [-0.2, 0) is 4.79 Å². The first-order valence-electron chi connectivity index (χ1n) is 12.5. The van der Waals surface area contributed by atoms with E-state index in [1.807, 2.05) is 23.1 Å². The Morgan fingerprint density at radius 1 is 0.811 bits per heavy atom. The van der Waals surface area contributed by atoms with Gasteiger partial charge in [-0.25, -0.2) is 0 Å². The first kappa shape index (κ1) is 24.5. The van der Waals surface area contributed by atoms with Crippen LogP contribution in [-0.4, -0.2) is 55.3 Å². The summed E-state index contributed by atoms with van der Waals surface area (Å²) in [5, 5.41) is 5.73. The molecule has 2 aliphatic rings. The van der Waals surface area contributed by atoms with Crippen LogP contribution in [0.1, 0.15) is 33.6 Å². The van der Waals surface area contributed by atoms with E-state index in [4.69, 9.17) is 9.47 Å². The fourth-order valence-electron chi connectivity index (χ4n) is 4.69. The molecular weight excluding hydrogens is 470 g/mol. The molecule has 190 valence electrons. The smallest absolute Gasteiger partial charge is 0.257 e. The standard InChI is InChI=1S/C29H29N3O5/c33-27(31-24-9-5-4-8-23(24)29(35)30-22-6-2-1-3-7-22)19-32-14-12-20(13-15-32)28(34)21-10-11-25-26(18-21)37-17-16-36-25/h1-11,18,20H,12-17,19H2,(H,30,35)(H,31,33). The van der Waals surface area contributed by atoms with Gasteiger partial charge < -0.3 is 20.1 Å². The predicted octanol–water partition coefficient (Wildman–Crippen LogP) is 4.24. The highest BCUT2D eigenvalue weighted by Crippen LogP contribution is 2.32. The average molecular weight is 500 g/mol. The lowest BCUT2D eigenvalue weighted by Crippen LogP contribution is -2.41. The third kappa shape index (κ3) is 5.98. The van der Waals surface area contributed by atoms with Crippen LogP contribution >= 0.6 is 0 Å². The molecule has 1 fully saturated rings. The SMILES string of the molecule is O=C(CN1CCC(C(=O)c2ccc3c(c2)OCCO3)CC1)Nc1ccccc1C(=O)Nc1ccccc1. The van der Waals surface area contributed by atoms with Gasteiger partial charge in [0.25, 0.3) is 5.91 Å². The van der Waals surface area contributed by atoms with E-state index in [0.29, 0.717) is 73.1 Å². The minimum absolute atomic E-state index is 0.0933. The lowest BCUT2D eigenvalue weighted by atomic mass is 9.88. The zero-order valence-electron chi connectivity index (χ0n) is 20.4. The minimum atomic E-state index is -0.291. The number of benzene rings is 3. The Bertz CT molecular complexity index is 1290. The number of ether oxygens (including phenoxy) is 2. The summed E-state index contributed by atoms with van der Waals surface area (Å²) in [5.74, 6) is 0.799. The van der Waals surface area contributed by atoms with Crippen molar-refractivity contribution in [1.82, 2.24) is 4.90 Å². The van der Waals surface area contributed by atoms with Gasteiger partial charge in [-0.1, -0.05) is 30.3 Å². The Labute approximate surface area is 215 Å². The van der Waals surface area contributed by atoms with Crippen LogP contribution in [0.15, 0.2) is 72.8 Å². The van der Waals surface area contributed by atoms with E-state index >= 15 is 0 Å². The Hall–Kier alpha value is -4.17. The molecule has 8 heteroatoms. The van der Waals surface area contributed by atoms with Crippen LogP contribution < -0.4 is 20.1 Å². The maximum Gasteiger partial charge on any atom is 0.257 e. The Morgan fingerprint density at radius 3 is 2.30 bits per heavy atom. The minimum Gasteiger partial charge on any atom is -0.486 e. The second-order valence-electron chi connectivity index (χ2n) is 9.19. The second-order valence-corrected chi connectivity index (χ2v) is 9.19. The molecule has 0 radical (unpaired) electrons. The number of rotatable bonds is 7. The summed E-state index contributed by atoms with van der Waals surface area (Å²) in [6, 6.07) is 21.5. The first-order chi connectivity index (χ1) is 18.1. The van der Waals surface area contributed by atoms with E-state index in [1.54, 1.807) is 54.6 Å². The molecular formula is C29H29N3O5. The van der Waals surface area contributed by atoms with Gasteiger partial charge in [-0.3, -0.25) is 19.3 Å². The quantitative estimate of drug-likeness (QED) is 0.472. The van der Waals surface area contributed by atoms with Gasteiger partial charge in [0, 0.05) is 17.2 Å². The van der Waals surface area contributed by atoms with Crippen molar-refractivity contribution in [2.75, 3.05) is 43.5 Å². The number of hydrogen-bond acceptors (Lipinski definition) is 6. The molecule has 2 heterocycles. The van der Waals surface area contributed by atoms with Crippen molar-refractivity contribution in [2.45, 2.75) is 12.8 Å². The van der Waals surface area contributed by atoms with Gasteiger partial charge in [0.1, 0.15) is 13.2 Å². The van der Waals surface area contributed by atoms with Crippen LogP contribution in [0.25, 0.3) is 0 Å². The zero-order chi connectivity index (χ0) is 25.6. The molecule has 0 saturated carbocycles. The lowest BCUT2D eigenvalue weighted by molar-refractivity contribution is -0.117. The molecule has 0 unspecified atom stereocenters. The van der Waals surface area contributed by atoms with E-state index < -0.39 is 0 Å². The highest BCUT2D eigenvalue weighted by molar-refractivity contribution is 6.10. The Morgan fingerprint density at radius 2 is 1.51 bits per heavy atom. The monoisotopic (exact) mass is 499 g/mol. The number of anilines is 2. The van der Waals surface area contributed by atoms with Crippen molar-refractivity contribution in [3.63, 3.8) is 0 Å². The number of piperidine rings is 1. The molecule has 2 N–H and O–H groups in total. The highest BCUT2D eigenvalue weighted by atomic mass is 16.6. The predicted molar refractivity (Wildman–Crippen MR) is 140 cm³/mol. The Balaban J connectivity index is 1.14. The number of nitrogens with zero attached hydrogens (tertiary/aromatic N) is 1. The summed E-state index contributed by atoms with van der Waals surface area (Å²) in [6.07, 6.45) is 1.35. The molecule has 1 saturated heterocycles. The number of amides is 2. The van der Waals surface area contributed by atoms with E-state index in [-0.39, 0.29) is 30.1 Å². The number of carbonyl (C=O) groups excluding carboxylic acids is 3. The number of likely N-dealkylation sites (tertiary alicyclic amines) is 1. The molecule has 2 aliphatic heterocycles. The fraction of sp³-hybridized carbons (Fsp3) is 0.276. The highest BCUT2D eigenvalue weighted by Gasteiger charge is 2.28. The van der Waals surface area contributed by atoms with Crippen molar-refractivity contribution in [2.24, 2.45) is 5.92 Å². The topological polar surface area (TPSA) is 97.0 Å². The van der Waals surface area contributed by atoms with Gasteiger partial charge in [-0.15, -0.1) is 0 Å². The van der Waals surface area contributed by atoms with Crippen LogP contribution in [0, 0.1) is 5.92 Å². The molecule has 0 bridgehead atoms. The average Bonchev–Trinajstić information content (AvgIpc) is 2.93. The normalized spacial score (nSPS) is 15.6. The fourth-order valence-corrected chi connectivity index (χ4v) is 4.69. The second kappa shape index (κ2) is 11.3. The summed E-state index contributed by atoms with van der Waals surface area (Å²) in [4.78, 5) is 40.7. The number of hydrogen-bond donors (Lipinski definition) is 2. The van der Waals surface area contributed by atoms with Crippen LogP contribution in [0.3, 0.4) is 0 Å². The van der Waals surface area contributed by atoms with E-state index in [1.165, 1.54) is 0 Å². The summed E-state index contributed by atoms with van der Waals surface area (Å²) in [5.41, 5.74) is 2.17. The summed E-state index contributed by atoms with van der Waals surface area (Å²) in [6.45, 7) is 2.47. The van der Waals surface area contributed by atoms with Gasteiger partial charge in [0.05, 0.1) is 17.8 Å². The molecule has 3 aromatic rings. The third-order valence-corrected chi connectivity index (χ3v) is 6.63. The third-order valence-electron chi connectivity index (χ3n) is 6.63. The maximum atomic E-state index is 13.1. The van der Waals surface area contributed by atoms with Crippen molar-refractivity contribution >= 4 is 29.0 Å². The number of carbonyl (C=O) groups is 3. The molecule has 5 rings (SSSR count). The molecule has 0 aliphatic carbocycles. The van der Waals surface area contributed by atoms with Gasteiger partial charge in [0.2, 0.25) is 5.91 Å². The molecule has 2 amide bonds. The largest absolute Gasteiger partial charge is 0.486 e. The summed E-state index contributed by atoms with van der Waals surface area (Å²) in [7, 11) is 0. The molecule has 0 spiro atoms. The molecule has 8 nitrogen and oxygen atoms in total. The van der Waals surface area contributed by atoms with E-state index in [0.717, 1.165) is 0 Å². The lowest BCUT2D eigenvalue weighted by Gasteiger charge is -2.31. The number of nitrogens with one attached hydrogen (secondary N) is 2. The van der Waals surface area contributed by atoms with Gasteiger partial charge in [-0.05, 0) is 68.4 Å². The van der Waals surface area contributed by atoms with Crippen LogP contribution in [0.4, 0.5) is 11.4 Å². The van der Waals surface area contributed by atoms with Crippen molar-refractivity contribution in [1.29, 1.82) is 0 Å². The first-order valence-corrected chi connectivity index (χ1v) is 12.5. The zero-order valence-corrected chi connectivity index (χ0v) is 20.4. The van der Waals surface area contributed by atoms with Crippen LogP contribution in [0.2, 0.25) is 0 Å². The molecule has 0 aromatic heterocycles. The van der Waals surface area contributed by atoms with Gasteiger partial charge in [0.15, 0.2) is 17.3 Å². The van der Waals surface area contributed by atoms with Gasteiger partial charge in [-0.2, -0.15) is 0 Å². The number of para-hydroxylation sites is 2. The van der Waals surface area contributed by atoms with Crippen molar-refractivity contribution in [3.05, 3.63) is 83.9 Å². The number of Topliss-reactive ketones (excluding diaryl/α,β-unsaturated/α-hetero) is 1. The van der Waals surface area contributed by atoms with Crippen LogP contribution in [0.5, 0.6) is 11.5 Å². The number of fused-ring (bicyclic) bond motifs is 1. The molecule has 0 atom stereocenters. The van der Waals surface area contributed by atoms with E-state index in [2.05, 4.69) is 10.6 Å². The van der Waals surface area contributed by atoms with Crippen molar-refractivity contribution in [3.8, 4) is 11.5 Å². The summed E-state index contributed by atoms with van der Waals surface area (Å²) >= 11 is 0. The molecule has 3 aromatic carbocycles. The maximum absolute atomic E-state index is 13.1. The van der Waals surface area contributed by atoms with Crippen molar-refractivity contribution < 1.29 is 23.9 Å². The van der Waals surface area contributed by atoms with Gasteiger partial charge >= 0.3 is 0 Å². The van der Waals surface area contributed by atoms with E-state index in [9.17, 15) is 14.4 Å².